The molecule has 0 unspecified atom stereocenters. The number of aryl methyl sites for hydroxylation is 1. The smallest absolute Gasteiger partial charge is 0.247 e. The van der Waals surface area contributed by atoms with Crippen molar-refractivity contribution in [1.82, 2.24) is 20.4 Å². The van der Waals surface area contributed by atoms with Gasteiger partial charge in [0.15, 0.2) is 0 Å². The molecule has 0 radical (unpaired) electrons. The number of carbonyl (C=O) groups is 1. The van der Waals surface area contributed by atoms with E-state index in [4.69, 9.17) is 4.42 Å². The molecule has 24 heavy (non-hydrogen) atoms. The second kappa shape index (κ2) is 9.17. The molecule has 0 aliphatic rings. The zero-order chi connectivity index (χ0) is 17.4. The van der Waals surface area contributed by atoms with E-state index in [1.807, 2.05) is 43.0 Å². The van der Waals surface area contributed by atoms with Crippen molar-refractivity contribution in [2.75, 3.05) is 19.6 Å². The highest BCUT2D eigenvalue weighted by molar-refractivity contribution is 5.77. The lowest BCUT2D eigenvalue weighted by atomic mass is 10.1. The van der Waals surface area contributed by atoms with Gasteiger partial charge in [0.2, 0.25) is 17.7 Å². The van der Waals surface area contributed by atoms with Gasteiger partial charge in [-0.15, -0.1) is 10.2 Å². The van der Waals surface area contributed by atoms with Gasteiger partial charge in [0.05, 0.1) is 13.1 Å². The molecule has 2 rings (SSSR count). The number of amides is 1. The van der Waals surface area contributed by atoms with Crippen LogP contribution >= 0.6 is 0 Å². The molecule has 0 fully saturated rings. The van der Waals surface area contributed by atoms with E-state index in [0.717, 1.165) is 24.9 Å². The maximum absolute atomic E-state index is 11.9. The summed E-state index contributed by atoms with van der Waals surface area (Å²) in [5.74, 6) is 1.07. The first-order chi connectivity index (χ1) is 11.6. The average molecular weight is 330 g/mol. The van der Waals surface area contributed by atoms with Crippen molar-refractivity contribution in [3.8, 4) is 11.5 Å². The molecule has 0 aliphatic carbocycles. The predicted octanol–water partition coefficient (Wildman–Crippen LogP) is 2.78. The molecular weight excluding hydrogens is 304 g/mol. The van der Waals surface area contributed by atoms with E-state index in [9.17, 15) is 4.79 Å². The van der Waals surface area contributed by atoms with Crippen molar-refractivity contribution in [2.45, 2.75) is 40.2 Å². The minimum absolute atomic E-state index is 0.0311. The highest BCUT2D eigenvalue weighted by atomic mass is 16.4. The number of carbonyl (C=O) groups excluding carboxylic acids is 1. The number of nitrogens with zero attached hydrogens (tertiary/aromatic N) is 3. The Kier molecular flexibility index (Phi) is 6.93. The van der Waals surface area contributed by atoms with E-state index in [-0.39, 0.29) is 5.91 Å². The third-order valence-corrected chi connectivity index (χ3v) is 3.60. The summed E-state index contributed by atoms with van der Waals surface area (Å²) in [7, 11) is 0. The number of rotatable bonds is 9. The van der Waals surface area contributed by atoms with Crippen LogP contribution in [0.1, 0.15) is 38.1 Å². The molecule has 2 aromatic rings. The summed E-state index contributed by atoms with van der Waals surface area (Å²) in [5, 5.41) is 11.1. The molecule has 0 spiro atoms. The molecule has 0 aliphatic heterocycles. The Balaban J connectivity index is 1.99. The molecule has 0 saturated carbocycles. The van der Waals surface area contributed by atoms with E-state index in [1.54, 1.807) is 0 Å². The Hall–Kier alpha value is -2.21. The molecule has 1 heterocycles. The average Bonchev–Trinajstić information content (AvgIpc) is 3.02. The van der Waals surface area contributed by atoms with Gasteiger partial charge in [-0.05, 0) is 38.4 Å². The Morgan fingerprint density at radius 1 is 1.17 bits per heavy atom. The van der Waals surface area contributed by atoms with Gasteiger partial charge in [-0.1, -0.05) is 31.5 Å². The monoisotopic (exact) mass is 330 g/mol. The maximum Gasteiger partial charge on any atom is 0.247 e. The molecular formula is C18H26N4O2. The Morgan fingerprint density at radius 3 is 2.58 bits per heavy atom. The van der Waals surface area contributed by atoms with Crippen molar-refractivity contribution < 1.29 is 9.21 Å². The molecule has 0 bridgehead atoms. The van der Waals surface area contributed by atoms with Crippen molar-refractivity contribution in [3.05, 3.63) is 35.7 Å². The van der Waals surface area contributed by atoms with Crippen molar-refractivity contribution in [2.24, 2.45) is 0 Å². The lowest BCUT2D eigenvalue weighted by Gasteiger charge is -2.18. The van der Waals surface area contributed by atoms with Crippen LogP contribution in [0.5, 0.6) is 0 Å². The third kappa shape index (κ3) is 5.45. The van der Waals surface area contributed by atoms with E-state index in [0.29, 0.717) is 31.4 Å². The fourth-order valence-electron chi connectivity index (χ4n) is 2.38. The summed E-state index contributed by atoms with van der Waals surface area (Å²) < 4.78 is 5.75. The Labute approximate surface area is 143 Å². The lowest BCUT2D eigenvalue weighted by Crippen LogP contribution is -2.37. The summed E-state index contributed by atoms with van der Waals surface area (Å²) >= 11 is 0. The fraction of sp³-hybridized carbons (Fsp3) is 0.500. The standard InChI is InChI=1S/C18H26N4O2/c1-4-10-19-16(23)12-22(11-5-2)13-17-20-21-18(24-17)15-8-6-14(3)7-9-15/h6-9H,4-5,10-13H2,1-3H3,(H,19,23). The zero-order valence-electron chi connectivity index (χ0n) is 14.7. The Morgan fingerprint density at radius 2 is 1.92 bits per heavy atom. The summed E-state index contributed by atoms with van der Waals surface area (Å²) in [4.78, 5) is 13.9. The highest BCUT2D eigenvalue weighted by Gasteiger charge is 2.15. The SMILES string of the molecule is CCCNC(=O)CN(CCC)Cc1nnc(-c2ccc(C)cc2)o1. The molecule has 130 valence electrons. The van der Waals surface area contributed by atoms with Crippen LogP contribution in [0.2, 0.25) is 0 Å². The van der Waals surface area contributed by atoms with Gasteiger partial charge >= 0.3 is 0 Å². The number of hydrogen-bond donors (Lipinski definition) is 1. The maximum atomic E-state index is 11.9. The second-order valence-electron chi connectivity index (χ2n) is 5.93. The molecule has 1 amide bonds. The summed E-state index contributed by atoms with van der Waals surface area (Å²) in [6.07, 6.45) is 1.89. The van der Waals surface area contributed by atoms with E-state index in [1.165, 1.54) is 5.56 Å². The van der Waals surface area contributed by atoms with Crippen LogP contribution in [0.3, 0.4) is 0 Å². The van der Waals surface area contributed by atoms with Gasteiger partial charge in [0.1, 0.15) is 0 Å². The van der Waals surface area contributed by atoms with Crippen LogP contribution < -0.4 is 5.32 Å². The summed E-state index contributed by atoms with van der Waals surface area (Å²) in [5.41, 5.74) is 2.09. The molecule has 0 atom stereocenters. The predicted molar refractivity (Wildman–Crippen MR) is 93.3 cm³/mol. The number of hydrogen-bond acceptors (Lipinski definition) is 5. The van der Waals surface area contributed by atoms with Crippen LogP contribution in [0.25, 0.3) is 11.5 Å². The number of benzene rings is 1. The third-order valence-electron chi connectivity index (χ3n) is 3.60. The number of nitrogens with one attached hydrogen (secondary N) is 1. The molecule has 1 N–H and O–H groups in total. The fourth-order valence-corrected chi connectivity index (χ4v) is 2.38. The lowest BCUT2D eigenvalue weighted by molar-refractivity contribution is -0.122. The van der Waals surface area contributed by atoms with Crippen LogP contribution in [0.15, 0.2) is 28.7 Å². The van der Waals surface area contributed by atoms with E-state index < -0.39 is 0 Å². The first kappa shape index (κ1) is 18.1. The number of aromatic nitrogens is 2. The topological polar surface area (TPSA) is 71.3 Å². The van der Waals surface area contributed by atoms with Crippen molar-refractivity contribution in [1.29, 1.82) is 0 Å². The van der Waals surface area contributed by atoms with Crippen LogP contribution in [-0.2, 0) is 11.3 Å². The van der Waals surface area contributed by atoms with Gasteiger partial charge in [-0.3, -0.25) is 9.69 Å². The van der Waals surface area contributed by atoms with Gasteiger partial charge < -0.3 is 9.73 Å². The first-order valence-corrected chi connectivity index (χ1v) is 8.50. The first-order valence-electron chi connectivity index (χ1n) is 8.50. The molecule has 6 heteroatoms. The van der Waals surface area contributed by atoms with Crippen molar-refractivity contribution in [3.63, 3.8) is 0 Å². The minimum Gasteiger partial charge on any atom is -0.419 e. The van der Waals surface area contributed by atoms with Crippen LogP contribution in [-0.4, -0.2) is 40.6 Å². The van der Waals surface area contributed by atoms with Gasteiger partial charge in [0, 0.05) is 12.1 Å². The zero-order valence-corrected chi connectivity index (χ0v) is 14.7. The molecule has 1 aromatic heterocycles. The second-order valence-corrected chi connectivity index (χ2v) is 5.93. The molecule has 6 nitrogen and oxygen atoms in total. The molecule has 0 saturated heterocycles. The normalized spacial score (nSPS) is 11.0. The van der Waals surface area contributed by atoms with Crippen molar-refractivity contribution >= 4 is 5.91 Å². The van der Waals surface area contributed by atoms with Gasteiger partial charge in [-0.2, -0.15) is 0 Å². The van der Waals surface area contributed by atoms with E-state index in [2.05, 4.69) is 22.4 Å². The minimum atomic E-state index is 0.0311. The van der Waals surface area contributed by atoms with Crippen LogP contribution in [0.4, 0.5) is 0 Å². The van der Waals surface area contributed by atoms with E-state index >= 15 is 0 Å². The molecule has 1 aromatic carbocycles. The quantitative estimate of drug-likeness (QED) is 0.765. The van der Waals surface area contributed by atoms with Gasteiger partial charge in [-0.25, -0.2) is 0 Å². The summed E-state index contributed by atoms with van der Waals surface area (Å²) in [6, 6.07) is 7.96. The Bertz CT molecular complexity index is 637. The van der Waals surface area contributed by atoms with Gasteiger partial charge in [0.25, 0.3) is 0 Å². The van der Waals surface area contributed by atoms with Crippen LogP contribution in [0, 0.1) is 6.92 Å². The largest absolute Gasteiger partial charge is 0.419 e. The summed E-state index contributed by atoms with van der Waals surface area (Å²) in [6.45, 7) is 8.49. The highest BCUT2D eigenvalue weighted by Crippen LogP contribution is 2.18.